The van der Waals surface area contributed by atoms with Crippen molar-refractivity contribution in [2.24, 2.45) is 0 Å². The molecule has 0 saturated heterocycles. The van der Waals surface area contributed by atoms with E-state index in [0.717, 1.165) is 5.52 Å². The molecule has 2 aromatic heterocycles. The second-order valence-corrected chi connectivity index (χ2v) is 6.86. The summed E-state index contributed by atoms with van der Waals surface area (Å²) in [4.78, 5) is 15.3. The Labute approximate surface area is 121 Å². The van der Waals surface area contributed by atoms with Crippen molar-refractivity contribution in [1.82, 2.24) is 14.6 Å². The van der Waals surface area contributed by atoms with E-state index in [9.17, 15) is 13.2 Å². The molecule has 7 heteroatoms. The number of benzene rings is 1. The van der Waals surface area contributed by atoms with Gasteiger partial charge < -0.3 is 0 Å². The van der Waals surface area contributed by atoms with Crippen LogP contribution in [-0.2, 0) is 9.84 Å². The molecule has 0 atom stereocenters. The lowest BCUT2D eigenvalue weighted by Gasteiger charge is -2.06. The second-order valence-electron chi connectivity index (χ2n) is 4.59. The van der Waals surface area contributed by atoms with E-state index >= 15 is 0 Å². The van der Waals surface area contributed by atoms with Gasteiger partial charge in [0.25, 0.3) is 0 Å². The number of hydrogen-bond donors (Lipinski definition) is 1. The van der Waals surface area contributed by atoms with Gasteiger partial charge in [0.15, 0.2) is 9.84 Å². The van der Waals surface area contributed by atoms with Crippen LogP contribution in [0.2, 0.25) is 0 Å². The molecule has 0 aliphatic rings. The van der Waals surface area contributed by atoms with Gasteiger partial charge in [0.1, 0.15) is 0 Å². The Morgan fingerprint density at radius 1 is 1.24 bits per heavy atom. The van der Waals surface area contributed by atoms with Crippen molar-refractivity contribution in [2.75, 3.05) is 5.75 Å². The average molecular weight is 303 g/mol. The van der Waals surface area contributed by atoms with Crippen molar-refractivity contribution in [3.05, 3.63) is 53.1 Å². The molecule has 1 N–H and O–H groups in total. The van der Waals surface area contributed by atoms with Crippen LogP contribution in [0.1, 0.15) is 6.92 Å². The van der Waals surface area contributed by atoms with E-state index in [0.29, 0.717) is 11.3 Å². The Bertz CT molecular complexity index is 970. The third-order valence-corrected chi connectivity index (χ3v) is 5.03. The van der Waals surface area contributed by atoms with Gasteiger partial charge in [-0.25, -0.2) is 18.3 Å². The Hall–Kier alpha value is -2.41. The predicted octanol–water partition coefficient (Wildman–Crippen LogP) is 1.48. The number of H-pyrrole nitrogens is 1. The van der Waals surface area contributed by atoms with Crippen LogP contribution in [0.25, 0.3) is 16.8 Å². The van der Waals surface area contributed by atoms with E-state index in [2.05, 4.69) is 10.1 Å². The van der Waals surface area contributed by atoms with Gasteiger partial charge in [-0.05, 0) is 24.3 Å². The molecule has 2 heterocycles. The van der Waals surface area contributed by atoms with Gasteiger partial charge in [-0.15, -0.1) is 0 Å². The molecule has 21 heavy (non-hydrogen) atoms. The highest BCUT2D eigenvalue weighted by atomic mass is 32.2. The second kappa shape index (κ2) is 4.85. The zero-order valence-electron chi connectivity index (χ0n) is 11.3. The van der Waals surface area contributed by atoms with Crippen molar-refractivity contribution in [3.8, 4) is 11.3 Å². The molecule has 0 aliphatic carbocycles. The zero-order chi connectivity index (χ0) is 15.0. The normalized spacial score (nSPS) is 11.9. The summed E-state index contributed by atoms with van der Waals surface area (Å²) in [5, 5.41) is 2.61. The van der Waals surface area contributed by atoms with Crippen molar-refractivity contribution >= 4 is 15.4 Å². The third kappa shape index (κ3) is 2.36. The molecule has 0 bridgehead atoms. The summed E-state index contributed by atoms with van der Waals surface area (Å²) in [5.41, 5.74) is 1.69. The molecule has 0 aliphatic heterocycles. The number of sulfone groups is 1. The van der Waals surface area contributed by atoms with E-state index < -0.39 is 15.5 Å². The summed E-state index contributed by atoms with van der Waals surface area (Å²) in [6, 6.07) is 10.3. The fourth-order valence-electron chi connectivity index (χ4n) is 2.17. The SMILES string of the molecule is CCS(=O)(=O)c1cccc(-c2ccc3cnc(=O)[nH]n23)c1. The van der Waals surface area contributed by atoms with Crippen LogP contribution in [0.3, 0.4) is 0 Å². The molecule has 3 aromatic rings. The minimum atomic E-state index is -3.27. The molecule has 0 spiro atoms. The van der Waals surface area contributed by atoms with Gasteiger partial charge >= 0.3 is 5.69 Å². The van der Waals surface area contributed by atoms with E-state index in [-0.39, 0.29) is 10.6 Å². The maximum absolute atomic E-state index is 12.0. The molecule has 0 radical (unpaired) electrons. The first-order valence-corrected chi connectivity index (χ1v) is 8.06. The highest BCUT2D eigenvalue weighted by Crippen LogP contribution is 2.24. The van der Waals surface area contributed by atoms with E-state index in [1.54, 1.807) is 41.8 Å². The first-order chi connectivity index (χ1) is 10.0. The van der Waals surface area contributed by atoms with Crippen LogP contribution < -0.4 is 5.69 Å². The monoisotopic (exact) mass is 303 g/mol. The van der Waals surface area contributed by atoms with Crippen LogP contribution in [0.4, 0.5) is 0 Å². The zero-order valence-corrected chi connectivity index (χ0v) is 12.1. The number of aromatic nitrogens is 3. The summed E-state index contributed by atoms with van der Waals surface area (Å²) >= 11 is 0. The molecular weight excluding hydrogens is 290 g/mol. The van der Waals surface area contributed by atoms with E-state index in [1.165, 1.54) is 6.20 Å². The van der Waals surface area contributed by atoms with Gasteiger partial charge in [-0.2, -0.15) is 4.98 Å². The third-order valence-electron chi connectivity index (χ3n) is 3.30. The summed E-state index contributed by atoms with van der Waals surface area (Å²) in [5.74, 6) is 0.0477. The molecule has 0 amide bonds. The van der Waals surface area contributed by atoms with Crippen molar-refractivity contribution in [2.45, 2.75) is 11.8 Å². The first kappa shape index (κ1) is 13.6. The van der Waals surface area contributed by atoms with Crippen LogP contribution >= 0.6 is 0 Å². The maximum atomic E-state index is 12.0. The van der Waals surface area contributed by atoms with Crippen LogP contribution in [0.15, 0.2) is 52.3 Å². The molecule has 1 aromatic carbocycles. The molecule has 0 unspecified atom stereocenters. The smallest absolute Gasteiger partial charge is 0.250 e. The topological polar surface area (TPSA) is 84.3 Å². The first-order valence-electron chi connectivity index (χ1n) is 6.41. The molecular formula is C14H13N3O3S. The lowest BCUT2D eigenvalue weighted by Crippen LogP contribution is -2.14. The minimum absolute atomic E-state index is 0.0477. The molecule has 0 fully saturated rings. The van der Waals surface area contributed by atoms with Gasteiger partial charge in [0.2, 0.25) is 0 Å². The molecule has 3 rings (SSSR count). The summed E-state index contributed by atoms with van der Waals surface area (Å²) in [6.45, 7) is 1.61. The van der Waals surface area contributed by atoms with Gasteiger partial charge in [0.05, 0.1) is 28.1 Å². The fourth-order valence-corrected chi connectivity index (χ4v) is 3.09. The standard InChI is InChI=1S/C14H13N3O3S/c1-2-21(19,20)12-5-3-4-10(8-12)13-7-6-11-9-15-14(18)16-17(11)13/h3-9H,2H2,1H3,(H,16,18). The highest BCUT2D eigenvalue weighted by Gasteiger charge is 2.13. The quantitative estimate of drug-likeness (QED) is 0.794. The average Bonchev–Trinajstić information content (AvgIpc) is 2.90. The number of nitrogens with zero attached hydrogens (tertiary/aromatic N) is 2. The predicted molar refractivity (Wildman–Crippen MR) is 79.0 cm³/mol. The number of aromatic amines is 1. The summed E-state index contributed by atoms with van der Waals surface area (Å²) in [7, 11) is -3.27. The number of fused-ring (bicyclic) bond motifs is 1. The van der Waals surface area contributed by atoms with Gasteiger partial charge in [-0.1, -0.05) is 19.1 Å². The Morgan fingerprint density at radius 2 is 2.05 bits per heavy atom. The largest absolute Gasteiger partial charge is 0.360 e. The Balaban J connectivity index is 2.22. The summed E-state index contributed by atoms with van der Waals surface area (Å²) in [6.07, 6.45) is 1.47. The van der Waals surface area contributed by atoms with E-state index in [4.69, 9.17) is 0 Å². The number of nitrogens with one attached hydrogen (secondary N) is 1. The van der Waals surface area contributed by atoms with Crippen LogP contribution in [0, 0.1) is 0 Å². The van der Waals surface area contributed by atoms with Gasteiger partial charge in [0, 0.05) is 5.56 Å². The van der Waals surface area contributed by atoms with Crippen LogP contribution in [0.5, 0.6) is 0 Å². The Kier molecular flexibility index (Phi) is 3.13. The highest BCUT2D eigenvalue weighted by molar-refractivity contribution is 7.91. The number of rotatable bonds is 3. The van der Waals surface area contributed by atoms with Crippen molar-refractivity contribution < 1.29 is 8.42 Å². The van der Waals surface area contributed by atoms with Crippen molar-refractivity contribution in [1.29, 1.82) is 0 Å². The molecule has 6 nitrogen and oxygen atoms in total. The fraction of sp³-hybridized carbons (Fsp3) is 0.143. The molecule has 0 saturated carbocycles. The molecule has 108 valence electrons. The lowest BCUT2D eigenvalue weighted by atomic mass is 10.2. The van der Waals surface area contributed by atoms with E-state index in [1.807, 2.05) is 6.07 Å². The maximum Gasteiger partial charge on any atom is 0.360 e. The number of hydrogen-bond acceptors (Lipinski definition) is 4. The van der Waals surface area contributed by atoms with Gasteiger partial charge in [-0.3, -0.25) is 4.52 Å². The Morgan fingerprint density at radius 3 is 2.81 bits per heavy atom. The van der Waals surface area contributed by atoms with Crippen molar-refractivity contribution in [3.63, 3.8) is 0 Å². The summed E-state index contributed by atoms with van der Waals surface area (Å²) < 4.78 is 25.5. The minimum Gasteiger partial charge on any atom is -0.250 e. The van der Waals surface area contributed by atoms with Crippen LogP contribution in [-0.4, -0.2) is 28.8 Å². The lowest BCUT2D eigenvalue weighted by molar-refractivity contribution is 0.597.